The highest BCUT2D eigenvalue weighted by Gasteiger charge is 2.33. The molecule has 3 aromatic carbocycles. The van der Waals surface area contributed by atoms with Crippen molar-refractivity contribution in [2.45, 2.75) is 39.3 Å². The number of anilines is 2. The highest BCUT2D eigenvalue weighted by Crippen LogP contribution is 2.35. The molecule has 0 bridgehead atoms. The Kier molecular flexibility index (Phi) is 11.9. The molecule has 45 heavy (non-hydrogen) atoms. The van der Waals surface area contributed by atoms with Crippen molar-refractivity contribution >= 4 is 53.1 Å². The first-order valence-corrected chi connectivity index (χ1v) is 15.4. The van der Waals surface area contributed by atoms with Crippen LogP contribution in [0.1, 0.15) is 51.6 Å². The standard InChI is InChI=1S/C34H39ClN4O5.ClH/c1-23-7-4-5-9-28(23)33(41)36-27-12-13-29(31(22-27)43-3)34(42)39-30-14-11-26(35)21-25(30)8-6-10-32(39)44-20-19-37-15-17-38(18-16-37)24(2)40;/h4-5,7,9,11-14,21-22,32H,6,8,10,15-20H2,1-3H3,(H,36,41);1H. The molecule has 1 N–H and O–H groups in total. The fourth-order valence-electron chi connectivity index (χ4n) is 5.84. The number of carbonyl (C=O) groups excluding carboxylic acids is 3. The summed E-state index contributed by atoms with van der Waals surface area (Å²) in [5.74, 6) is -0.0493. The van der Waals surface area contributed by atoms with E-state index in [4.69, 9.17) is 21.1 Å². The molecule has 0 aromatic heterocycles. The van der Waals surface area contributed by atoms with Crippen LogP contribution >= 0.6 is 24.0 Å². The number of ether oxygens (including phenoxy) is 2. The maximum atomic E-state index is 14.4. The molecule has 0 spiro atoms. The van der Waals surface area contributed by atoms with Gasteiger partial charge in [0.1, 0.15) is 12.0 Å². The third-order valence-electron chi connectivity index (χ3n) is 8.32. The molecule has 5 rings (SSSR count). The van der Waals surface area contributed by atoms with Crippen molar-refractivity contribution in [3.8, 4) is 5.75 Å². The largest absolute Gasteiger partial charge is 0.496 e. The zero-order chi connectivity index (χ0) is 31.2. The fourth-order valence-corrected chi connectivity index (χ4v) is 6.04. The van der Waals surface area contributed by atoms with Gasteiger partial charge in [0.25, 0.3) is 11.8 Å². The average Bonchev–Trinajstić information content (AvgIpc) is 3.19. The van der Waals surface area contributed by atoms with Gasteiger partial charge in [-0.05, 0) is 73.7 Å². The third kappa shape index (κ3) is 8.16. The van der Waals surface area contributed by atoms with E-state index in [1.165, 1.54) is 7.11 Å². The number of nitrogens with one attached hydrogen (secondary N) is 1. The maximum Gasteiger partial charge on any atom is 0.264 e. The quantitative estimate of drug-likeness (QED) is 0.329. The Balaban J connectivity index is 0.00000461. The van der Waals surface area contributed by atoms with E-state index in [1.807, 2.05) is 42.2 Å². The maximum absolute atomic E-state index is 14.4. The van der Waals surface area contributed by atoms with Gasteiger partial charge in [0.2, 0.25) is 5.91 Å². The second-order valence-corrected chi connectivity index (χ2v) is 11.6. The number of rotatable bonds is 8. The van der Waals surface area contributed by atoms with Crippen LogP contribution in [0.25, 0.3) is 0 Å². The molecule has 2 aliphatic heterocycles. The Morgan fingerprint density at radius 1 is 0.978 bits per heavy atom. The van der Waals surface area contributed by atoms with Crippen molar-refractivity contribution in [1.29, 1.82) is 0 Å². The predicted molar refractivity (Wildman–Crippen MR) is 179 cm³/mol. The summed E-state index contributed by atoms with van der Waals surface area (Å²) in [6.07, 6.45) is 1.77. The van der Waals surface area contributed by atoms with Crippen molar-refractivity contribution < 1.29 is 23.9 Å². The van der Waals surface area contributed by atoms with Gasteiger partial charge >= 0.3 is 0 Å². The number of piperazine rings is 1. The molecule has 2 aliphatic rings. The molecule has 240 valence electrons. The van der Waals surface area contributed by atoms with Crippen LogP contribution in [-0.2, 0) is 16.0 Å². The van der Waals surface area contributed by atoms with Gasteiger partial charge in [0.15, 0.2) is 0 Å². The molecule has 9 nitrogen and oxygen atoms in total. The molecule has 0 radical (unpaired) electrons. The van der Waals surface area contributed by atoms with Gasteiger partial charge in [-0.25, -0.2) is 0 Å². The molecule has 0 saturated carbocycles. The lowest BCUT2D eigenvalue weighted by Gasteiger charge is -2.35. The second kappa shape index (κ2) is 15.6. The van der Waals surface area contributed by atoms with E-state index in [0.29, 0.717) is 60.2 Å². The average molecular weight is 656 g/mol. The number of methoxy groups -OCH3 is 1. The summed E-state index contributed by atoms with van der Waals surface area (Å²) in [7, 11) is 1.51. The van der Waals surface area contributed by atoms with Gasteiger partial charge < -0.3 is 19.7 Å². The molecule has 3 aromatic rings. The summed E-state index contributed by atoms with van der Waals surface area (Å²) in [5.41, 5.74) is 4.07. The van der Waals surface area contributed by atoms with Gasteiger partial charge in [-0.3, -0.25) is 24.2 Å². The molecule has 2 heterocycles. The number of fused-ring (bicyclic) bond motifs is 1. The molecule has 1 atom stereocenters. The predicted octanol–water partition coefficient (Wildman–Crippen LogP) is 5.82. The van der Waals surface area contributed by atoms with Gasteiger partial charge in [-0.2, -0.15) is 0 Å². The molecule has 3 amide bonds. The summed E-state index contributed by atoms with van der Waals surface area (Å²) in [5, 5.41) is 3.54. The van der Waals surface area contributed by atoms with Crippen LogP contribution in [0.5, 0.6) is 5.75 Å². The van der Waals surface area contributed by atoms with E-state index >= 15 is 0 Å². The number of aryl methyl sites for hydroxylation is 2. The van der Waals surface area contributed by atoms with Crippen LogP contribution in [0.3, 0.4) is 0 Å². The minimum atomic E-state index is -0.492. The van der Waals surface area contributed by atoms with E-state index in [1.54, 1.807) is 42.2 Å². The Labute approximate surface area is 275 Å². The Bertz CT molecular complexity index is 1530. The van der Waals surface area contributed by atoms with Crippen LogP contribution in [0.2, 0.25) is 5.02 Å². The Hall–Kier alpha value is -3.63. The number of amides is 3. The third-order valence-corrected chi connectivity index (χ3v) is 8.56. The van der Waals surface area contributed by atoms with E-state index in [9.17, 15) is 14.4 Å². The molecule has 1 fully saturated rings. The fraction of sp³-hybridized carbons (Fsp3) is 0.382. The monoisotopic (exact) mass is 654 g/mol. The highest BCUT2D eigenvalue weighted by molar-refractivity contribution is 6.30. The topological polar surface area (TPSA) is 91.4 Å². The van der Waals surface area contributed by atoms with Crippen LogP contribution in [0.15, 0.2) is 60.7 Å². The summed E-state index contributed by atoms with van der Waals surface area (Å²) in [4.78, 5) is 44.8. The first-order chi connectivity index (χ1) is 21.2. The smallest absolute Gasteiger partial charge is 0.264 e. The summed E-state index contributed by atoms with van der Waals surface area (Å²) < 4.78 is 12.1. The molecule has 1 saturated heterocycles. The lowest BCUT2D eigenvalue weighted by molar-refractivity contribution is -0.130. The zero-order valence-corrected chi connectivity index (χ0v) is 27.5. The number of halogens is 2. The lowest BCUT2D eigenvalue weighted by atomic mass is 10.1. The van der Waals surface area contributed by atoms with Gasteiger partial charge in [-0.1, -0.05) is 29.8 Å². The molecule has 11 heteroatoms. The summed E-state index contributed by atoms with van der Waals surface area (Å²) in [6.45, 7) is 7.64. The van der Waals surface area contributed by atoms with Crippen molar-refractivity contribution in [2.75, 3.05) is 56.7 Å². The zero-order valence-electron chi connectivity index (χ0n) is 25.9. The normalized spacial score (nSPS) is 16.7. The van der Waals surface area contributed by atoms with E-state index in [2.05, 4.69) is 10.2 Å². The number of hydrogen-bond donors (Lipinski definition) is 1. The lowest BCUT2D eigenvalue weighted by Crippen LogP contribution is -2.49. The van der Waals surface area contributed by atoms with Crippen molar-refractivity contribution in [3.63, 3.8) is 0 Å². The van der Waals surface area contributed by atoms with Crippen molar-refractivity contribution in [2.24, 2.45) is 0 Å². The van der Waals surface area contributed by atoms with Crippen LogP contribution in [-0.4, -0.2) is 80.2 Å². The van der Waals surface area contributed by atoms with E-state index in [0.717, 1.165) is 42.7 Å². The SMILES string of the molecule is COc1cc(NC(=O)c2ccccc2C)ccc1C(=O)N1c2ccc(Cl)cc2CCCC1OCCN1CCN(C(C)=O)CC1.Cl. The van der Waals surface area contributed by atoms with Gasteiger partial charge in [-0.15, -0.1) is 12.4 Å². The van der Waals surface area contributed by atoms with E-state index in [-0.39, 0.29) is 30.1 Å². The van der Waals surface area contributed by atoms with Crippen molar-refractivity contribution in [3.05, 3.63) is 87.9 Å². The molecular weight excluding hydrogens is 615 g/mol. The number of hydrogen-bond acceptors (Lipinski definition) is 6. The summed E-state index contributed by atoms with van der Waals surface area (Å²) in [6, 6.07) is 18.0. The first-order valence-electron chi connectivity index (χ1n) is 15.0. The van der Waals surface area contributed by atoms with Crippen LogP contribution in [0, 0.1) is 6.92 Å². The van der Waals surface area contributed by atoms with Crippen LogP contribution in [0.4, 0.5) is 11.4 Å². The number of nitrogens with zero attached hydrogens (tertiary/aromatic N) is 3. The van der Waals surface area contributed by atoms with Gasteiger partial charge in [0.05, 0.1) is 19.3 Å². The number of carbonyl (C=O) groups is 3. The molecule has 1 unspecified atom stereocenters. The van der Waals surface area contributed by atoms with Crippen molar-refractivity contribution in [1.82, 2.24) is 9.80 Å². The summed E-state index contributed by atoms with van der Waals surface area (Å²) >= 11 is 6.35. The minimum absolute atomic E-state index is 0. The second-order valence-electron chi connectivity index (χ2n) is 11.2. The Morgan fingerprint density at radius 3 is 2.44 bits per heavy atom. The van der Waals surface area contributed by atoms with Gasteiger partial charge in [0, 0.05) is 67.7 Å². The molecule has 0 aliphatic carbocycles. The Morgan fingerprint density at radius 2 is 1.73 bits per heavy atom. The van der Waals surface area contributed by atoms with Crippen LogP contribution < -0.4 is 15.0 Å². The number of benzene rings is 3. The minimum Gasteiger partial charge on any atom is -0.496 e. The first kappa shape index (κ1) is 34.2. The highest BCUT2D eigenvalue weighted by atomic mass is 35.5. The van der Waals surface area contributed by atoms with E-state index < -0.39 is 6.23 Å². The molecular formula is C34H40Cl2N4O5.